The number of hydrogen-bond donors (Lipinski definition) is 2. The van der Waals surface area contributed by atoms with Gasteiger partial charge in [0.1, 0.15) is 5.92 Å². The molecule has 1 atom stereocenters. The van der Waals surface area contributed by atoms with E-state index in [1.54, 1.807) is 4.90 Å². The molecule has 1 heterocycles. The molecule has 8 heteroatoms. The van der Waals surface area contributed by atoms with Crippen LogP contribution >= 0.6 is 12.2 Å². The third kappa shape index (κ3) is 4.47. The molecule has 98 valence electrons. The summed E-state index contributed by atoms with van der Waals surface area (Å²) in [5.74, 6) is -1.96. The molecule has 0 aromatic carbocycles. The number of hydrogen-bond acceptors (Lipinski definition) is 3. The summed E-state index contributed by atoms with van der Waals surface area (Å²) in [6.45, 7) is 0.733. The van der Waals surface area contributed by atoms with Crippen molar-refractivity contribution in [2.75, 3.05) is 26.2 Å². The minimum Gasteiger partial charge on any atom is -0.393 e. The summed E-state index contributed by atoms with van der Waals surface area (Å²) in [5.41, 5.74) is 5.11. The smallest absolute Gasteiger partial charge is 0.393 e. The van der Waals surface area contributed by atoms with Crippen molar-refractivity contribution in [3.8, 4) is 0 Å². The summed E-state index contributed by atoms with van der Waals surface area (Å²) in [7, 11) is 0. The highest BCUT2D eigenvalue weighted by Gasteiger charge is 2.42. The van der Waals surface area contributed by atoms with Crippen LogP contribution < -0.4 is 11.1 Å². The Balaban J connectivity index is 2.61. The van der Waals surface area contributed by atoms with Gasteiger partial charge in [0.05, 0.1) is 4.99 Å². The summed E-state index contributed by atoms with van der Waals surface area (Å²) >= 11 is 4.44. The third-order valence-corrected chi connectivity index (χ3v) is 2.87. The van der Waals surface area contributed by atoms with Gasteiger partial charge in [-0.25, -0.2) is 0 Å². The zero-order chi connectivity index (χ0) is 13.1. The molecular weight excluding hydrogens is 255 g/mol. The second-order valence-corrected chi connectivity index (χ2v) is 4.37. The molecule has 0 saturated carbocycles. The Bertz CT molecular complexity index is 308. The first-order valence-corrected chi connectivity index (χ1v) is 5.56. The number of nitrogens with one attached hydrogen (secondary N) is 1. The predicted molar refractivity (Wildman–Crippen MR) is 60.4 cm³/mol. The lowest BCUT2D eigenvalue weighted by atomic mass is 10.1. The van der Waals surface area contributed by atoms with Gasteiger partial charge in [0.2, 0.25) is 5.91 Å². The molecular formula is C9H14F3N3OS. The van der Waals surface area contributed by atoms with Crippen LogP contribution in [0.3, 0.4) is 0 Å². The van der Waals surface area contributed by atoms with Crippen molar-refractivity contribution in [1.29, 1.82) is 0 Å². The van der Waals surface area contributed by atoms with Crippen LogP contribution in [0.4, 0.5) is 13.2 Å². The lowest BCUT2D eigenvalue weighted by Crippen LogP contribution is -2.44. The highest BCUT2D eigenvalue weighted by molar-refractivity contribution is 7.80. The average molecular weight is 269 g/mol. The maximum absolute atomic E-state index is 12.6. The Labute approximate surface area is 102 Å². The van der Waals surface area contributed by atoms with E-state index in [0.717, 1.165) is 0 Å². The quantitative estimate of drug-likeness (QED) is 0.722. The number of thiocarbonyl (C=S) groups is 1. The second kappa shape index (κ2) is 5.63. The van der Waals surface area contributed by atoms with Crippen molar-refractivity contribution in [1.82, 2.24) is 10.2 Å². The van der Waals surface area contributed by atoms with Crippen LogP contribution in [0, 0.1) is 5.92 Å². The van der Waals surface area contributed by atoms with Crippen molar-refractivity contribution >= 4 is 23.1 Å². The van der Waals surface area contributed by atoms with Crippen LogP contribution in [0.2, 0.25) is 0 Å². The van der Waals surface area contributed by atoms with E-state index in [2.05, 4.69) is 17.5 Å². The minimum absolute atomic E-state index is 0.147. The molecule has 1 saturated heterocycles. The number of alkyl halides is 3. The van der Waals surface area contributed by atoms with E-state index in [9.17, 15) is 18.0 Å². The molecule has 0 aromatic heterocycles. The molecule has 4 nitrogen and oxygen atoms in total. The molecule has 1 aliphatic rings. The maximum Gasteiger partial charge on any atom is 0.399 e. The normalized spacial score (nSPS) is 20.5. The molecule has 1 amide bonds. The van der Waals surface area contributed by atoms with Gasteiger partial charge in [0.15, 0.2) is 0 Å². The summed E-state index contributed by atoms with van der Waals surface area (Å²) in [5, 5.41) is 2.59. The Hall–Kier alpha value is -0.890. The first-order chi connectivity index (χ1) is 7.80. The predicted octanol–water partition coefficient (Wildman–Crippen LogP) is 0.273. The molecule has 17 heavy (non-hydrogen) atoms. The lowest BCUT2D eigenvalue weighted by molar-refractivity contribution is -0.159. The Morgan fingerprint density at radius 2 is 2.18 bits per heavy atom. The molecule has 1 aliphatic heterocycles. The molecule has 0 aromatic rings. The van der Waals surface area contributed by atoms with Crippen LogP contribution in [0.1, 0.15) is 6.42 Å². The number of nitrogens with two attached hydrogens (primary N) is 1. The summed E-state index contributed by atoms with van der Waals surface area (Å²) < 4.78 is 37.9. The summed E-state index contributed by atoms with van der Waals surface area (Å²) in [6, 6.07) is 0. The molecule has 0 bridgehead atoms. The van der Waals surface area contributed by atoms with Gasteiger partial charge in [-0.3, -0.25) is 4.79 Å². The number of nitrogens with zero attached hydrogens (tertiary/aromatic N) is 1. The lowest BCUT2D eigenvalue weighted by Gasteiger charge is -2.26. The number of halogens is 3. The highest BCUT2D eigenvalue weighted by Crippen LogP contribution is 2.27. The van der Waals surface area contributed by atoms with Crippen LogP contribution in [0.5, 0.6) is 0 Å². The third-order valence-electron chi connectivity index (χ3n) is 2.58. The molecule has 1 rings (SSSR count). The fraction of sp³-hybridized carbons (Fsp3) is 0.778. The minimum atomic E-state index is -4.43. The van der Waals surface area contributed by atoms with Gasteiger partial charge < -0.3 is 16.0 Å². The highest BCUT2D eigenvalue weighted by atomic mass is 32.1. The number of carbonyl (C=O) groups is 1. The van der Waals surface area contributed by atoms with Crippen LogP contribution in [0.15, 0.2) is 0 Å². The van der Waals surface area contributed by atoms with Crippen LogP contribution in [-0.2, 0) is 4.79 Å². The average Bonchev–Trinajstić information content (AvgIpc) is 2.37. The second-order valence-electron chi connectivity index (χ2n) is 3.90. The summed E-state index contributed by atoms with van der Waals surface area (Å²) in [4.78, 5) is 12.0. The molecule has 3 N–H and O–H groups in total. The van der Waals surface area contributed by atoms with Gasteiger partial charge in [-0.05, 0) is 0 Å². The maximum atomic E-state index is 12.6. The van der Waals surface area contributed by atoms with E-state index < -0.39 is 17.1 Å². The number of rotatable bonds is 3. The summed E-state index contributed by atoms with van der Waals surface area (Å²) in [6.07, 6.45) is -4.24. The molecule has 1 fully saturated rings. The molecule has 1 unspecified atom stereocenters. The Morgan fingerprint density at radius 3 is 2.71 bits per heavy atom. The van der Waals surface area contributed by atoms with Gasteiger partial charge in [-0.1, -0.05) is 12.2 Å². The number of carbonyl (C=O) groups excluding carboxylic acids is 1. The van der Waals surface area contributed by atoms with Crippen molar-refractivity contribution in [3.63, 3.8) is 0 Å². The van der Waals surface area contributed by atoms with Crippen molar-refractivity contribution in [3.05, 3.63) is 0 Å². The zero-order valence-corrected chi connectivity index (χ0v) is 9.90. The van der Waals surface area contributed by atoms with Crippen LogP contribution in [0.25, 0.3) is 0 Å². The largest absolute Gasteiger partial charge is 0.399 e. The molecule has 0 aliphatic carbocycles. The Morgan fingerprint density at radius 1 is 1.53 bits per heavy atom. The molecule has 0 radical (unpaired) electrons. The van der Waals surface area contributed by atoms with Gasteiger partial charge in [-0.2, -0.15) is 13.2 Å². The Kier molecular flexibility index (Phi) is 4.70. The van der Waals surface area contributed by atoms with E-state index in [1.165, 1.54) is 0 Å². The van der Waals surface area contributed by atoms with Gasteiger partial charge in [0, 0.05) is 32.6 Å². The van der Waals surface area contributed by atoms with E-state index >= 15 is 0 Å². The van der Waals surface area contributed by atoms with Gasteiger partial charge in [0.25, 0.3) is 0 Å². The monoisotopic (exact) mass is 269 g/mol. The van der Waals surface area contributed by atoms with Crippen molar-refractivity contribution in [2.45, 2.75) is 12.6 Å². The van der Waals surface area contributed by atoms with Gasteiger partial charge >= 0.3 is 6.18 Å². The van der Waals surface area contributed by atoms with E-state index in [1.807, 2.05) is 0 Å². The number of amides is 1. The van der Waals surface area contributed by atoms with Crippen molar-refractivity contribution in [2.24, 2.45) is 11.7 Å². The fourth-order valence-electron chi connectivity index (χ4n) is 1.61. The first-order valence-electron chi connectivity index (χ1n) is 5.16. The SMILES string of the molecule is NC(=S)C(CN1CCNC(=O)CC1)C(F)(F)F. The first kappa shape index (κ1) is 14.2. The van der Waals surface area contributed by atoms with Crippen LogP contribution in [-0.4, -0.2) is 48.2 Å². The topological polar surface area (TPSA) is 58.4 Å². The van der Waals surface area contributed by atoms with Gasteiger partial charge in [-0.15, -0.1) is 0 Å². The van der Waals surface area contributed by atoms with E-state index in [0.29, 0.717) is 19.6 Å². The van der Waals surface area contributed by atoms with E-state index in [4.69, 9.17) is 5.73 Å². The fourth-order valence-corrected chi connectivity index (χ4v) is 1.82. The standard InChI is InChI=1S/C9H14F3N3OS/c10-9(11,12)6(8(13)17)5-15-3-1-7(16)14-2-4-15/h6H,1-5H2,(H2,13,17)(H,14,16). The molecule has 0 spiro atoms. The van der Waals surface area contributed by atoms with Crippen molar-refractivity contribution < 1.29 is 18.0 Å². The zero-order valence-electron chi connectivity index (χ0n) is 9.09. The van der Waals surface area contributed by atoms with E-state index in [-0.39, 0.29) is 18.9 Å².